The Labute approximate surface area is 178 Å². The van der Waals surface area contributed by atoms with Crippen molar-refractivity contribution in [3.05, 3.63) is 58.7 Å². The summed E-state index contributed by atoms with van der Waals surface area (Å²) in [6.45, 7) is 1.87. The Morgan fingerprint density at radius 3 is 2.68 bits per heavy atom. The van der Waals surface area contributed by atoms with Gasteiger partial charge in [0.05, 0.1) is 14.2 Å². The molecule has 160 valence electrons. The number of anilines is 2. The first-order valence-corrected chi connectivity index (χ1v) is 10.0. The van der Waals surface area contributed by atoms with Crippen LogP contribution < -0.4 is 20.5 Å². The lowest BCUT2D eigenvalue weighted by molar-refractivity contribution is -0.116. The van der Waals surface area contributed by atoms with Gasteiger partial charge in [0.2, 0.25) is 11.9 Å². The van der Waals surface area contributed by atoms with Gasteiger partial charge in [-0.05, 0) is 49.1 Å². The van der Waals surface area contributed by atoms with E-state index in [0.717, 1.165) is 17.0 Å². The lowest BCUT2D eigenvalue weighted by Gasteiger charge is -2.34. The number of nitrogens with one attached hydrogen (secondary N) is 1. The van der Waals surface area contributed by atoms with Gasteiger partial charge >= 0.3 is 0 Å². The smallest absolute Gasteiger partial charge is 0.241 e. The highest BCUT2D eigenvalue weighted by Crippen LogP contribution is 2.45. The van der Waals surface area contributed by atoms with Crippen LogP contribution in [0.1, 0.15) is 41.9 Å². The number of nitrogens with zero attached hydrogens (tertiary/aromatic N) is 3. The van der Waals surface area contributed by atoms with E-state index in [1.165, 1.54) is 0 Å². The van der Waals surface area contributed by atoms with E-state index in [9.17, 15) is 4.79 Å². The van der Waals surface area contributed by atoms with Crippen LogP contribution in [0.2, 0.25) is 0 Å². The van der Waals surface area contributed by atoms with Gasteiger partial charge in [0.15, 0.2) is 17.3 Å². The zero-order chi connectivity index (χ0) is 21.7. The van der Waals surface area contributed by atoms with Crippen LogP contribution in [0.3, 0.4) is 0 Å². The second-order valence-corrected chi connectivity index (χ2v) is 7.75. The van der Waals surface area contributed by atoms with Crippen LogP contribution in [0.4, 0.5) is 11.9 Å². The summed E-state index contributed by atoms with van der Waals surface area (Å²) in [5, 5.41) is 7.58. The van der Waals surface area contributed by atoms with E-state index >= 15 is 0 Å². The van der Waals surface area contributed by atoms with Gasteiger partial charge in [-0.3, -0.25) is 4.79 Å². The third kappa shape index (κ3) is 3.13. The molecule has 9 heteroatoms. The Balaban J connectivity index is 1.56. The summed E-state index contributed by atoms with van der Waals surface area (Å²) in [7, 11) is 3.20. The SMILES string of the molecule is COc1ccc(C2CC(=O)C3=C(C2)Nc2nc(N)nn2C3c2ccc(C)o2)cc1OC. The number of methoxy groups -OCH3 is 2. The standard InChI is InChI=1S/C22H23N5O4/c1-11-4-6-17(31-11)20-19-14(24-22-25-21(23)26-27(20)22)8-13(9-15(19)28)12-5-7-16(29-2)18(10-12)30-3/h4-7,10,13,20H,8-9H2,1-3H3,(H3,23,24,25,26). The van der Waals surface area contributed by atoms with Gasteiger partial charge in [-0.1, -0.05) is 6.07 Å². The van der Waals surface area contributed by atoms with E-state index in [-0.39, 0.29) is 17.6 Å². The number of Topliss-reactive ketones (excluding diaryl/α,β-unsaturated/α-hetero) is 1. The van der Waals surface area contributed by atoms with Crippen LogP contribution in [0.5, 0.6) is 11.5 Å². The number of hydrogen-bond acceptors (Lipinski definition) is 8. The Kier molecular flexibility index (Phi) is 4.46. The Bertz CT molecular complexity index is 1210. The lowest BCUT2D eigenvalue weighted by Crippen LogP contribution is -2.33. The van der Waals surface area contributed by atoms with Crippen molar-refractivity contribution in [2.75, 3.05) is 25.3 Å². The third-order valence-electron chi connectivity index (χ3n) is 5.85. The predicted octanol–water partition coefficient (Wildman–Crippen LogP) is 3.19. The van der Waals surface area contributed by atoms with E-state index < -0.39 is 6.04 Å². The second kappa shape index (κ2) is 7.19. The van der Waals surface area contributed by atoms with Crippen LogP contribution in [-0.4, -0.2) is 34.8 Å². The molecule has 0 spiro atoms. The topological polar surface area (TPSA) is 117 Å². The second-order valence-electron chi connectivity index (χ2n) is 7.75. The largest absolute Gasteiger partial charge is 0.493 e. The van der Waals surface area contributed by atoms with Gasteiger partial charge in [0.1, 0.15) is 17.6 Å². The van der Waals surface area contributed by atoms with Crippen molar-refractivity contribution in [1.82, 2.24) is 14.8 Å². The number of ketones is 1. The molecule has 0 bridgehead atoms. The van der Waals surface area contributed by atoms with Gasteiger partial charge in [-0.2, -0.15) is 4.98 Å². The highest BCUT2D eigenvalue weighted by atomic mass is 16.5. The first-order chi connectivity index (χ1) is 15.0. The normalized spacial score (nSPS) is 20.2. The summed E-state index contributed by atoms with van der Waals surface area (Å²) in [5.41, 5.74) is 8.33. The maximum absolute atomic E-state index is 13.4. The molecule has 2 aromatic heterocycles. The molecule has 0 saturated carbocycles. The summed E-state index contributed by atoms with van der Waals surface area (Å²) >= 11 is 0. The zero-order valence-corrected chi connectivity index (χ0v) is 17.5. The van der Waals surface area contributed by atoms with Crippen LogP contribution in [0, 0.1) is 6.92 Å². The maximum atomic E-state index is 13.4. The monoisotopic (exact) mass is 421 g/mol. The number of furan rings is 1. The molecule has 0 fully saturated rings. The number of benzene rings is 1. The molecule has 31 heavy (non-hydrogen) atoms. The number of fused-ring (bicyclic) bond motifs is 1. The highest BCUT2D eigenvalue weighted by Gasteiger charge is 2.41. The molecular weight excluding hydrogens is 398 g/mol. The number of aryl methyl sites for hydroxylation is 1. The number of ether oxygens (including phenoxy) is 2. The van der Waals surface area contributed by atoms with Crippen molar-refractivity contribution >= 4 is 17.7 Å². The zero-order valence-electron chi connectivity index (χ0n) is 17.5. The van der Waals surface area contributed by atoms with Crippen molar-refractivity contribution < 1.29 is 18.7 Å². The fourth-order valence-electron chi connectivity index (χ4n) is 4.43. The minimum Gasteiger partial charge on any atom is -0.493 e. The third-order valence-corrected chi connectivity index (χ3v) is 5.85. The van der Waals surface area contributed by atoms with Gasteiger partial charge in [0, 0.05) is 17.7 Å². The van der Waals surface area contributed by atoms with Crippen molar-refractivity contribution in [3.8, 4) is 11.5 Å². The summed E-state index contributed by atoms with van der Waals surface area (Å²) in [6, 6.07) is 9.01. The van der Waals surface area contributed by atoms with Gasteiger partial charge in [-0.25, -0.2) is 4.68 Å². The Hall–Kier alpha value is -3.75. The molecule has 1 aromatic carbocycles. The van der Waals surface area contributed by atoms with Gasteiger partial charge in [-0.15, -0.1) is 5.10 Å². The van der Waals surface area contributed by atoms with Gasteiger partial charge in [0.25, 0.3) is 0 Å². The predicted molar refractivity (Wildman–Crippen MR) is 113 cm³/mol. The molecule has 3 aromatic rings. The summed E-state index contributed by atoms with van der Waals surface area (Å²) in [4.78, 5) is 17.7. The molecule has 5 rings (SSSR count). The Morgan fingerprint density at radius 1 is 1.16 bits per heavy atom. The minimum atomic E-state index is -0.497. The molecule has 2 atom stereocenters. The molecule has 1 aliphatic carbocycles. The molecule has 0 radical (unpaired) electrons. The number of aromatic nitrogens is 3. The van der Waals surface area contributed by atoms with Crippen molar-refractivity contribution in [3.63, 3.8) is 0 Å². The summed E-state index contributed by atoms with van der Waals surface area (Å²) in [6.07, 6.45) is 1.01. The van der Waals surface area contributed by atoms with E-state index in [2.05, 4.69) is 15.4 Å². The van der Waals surface area contributed by atoms with Gasteiger partial charge < -0.3 is 24.9 Å². The number of nitrogens with two attached hydrogens (primary N) is 1. The maximum Gasteiger partial charge on any atom is 0.241 e. The average molecular weight is 421 g/mol. The number of carbonyl (C=O) groups excluding carboxylic acids is 1. The molecule has 0 saturated heterocycles. The quantitative estimate of drug-likeness (QED) is 0.659. The number of carbonyl (C=O) groups is 1. The molecule has 9 nitrogen and oxygen atoms in total. The summed E-state index contributed by atoms with van der Waals surface area (Å²) < 4.78 is 18.3. The molecule has 1 aliphatic heterocycles. The molecule has 3 N–H and O–H groups in total. The molecule has 2 aliphatic rings. The number of rotatable bonds is 4. The van der Waals surface area contributed by atoms with E-state index in [0.29, 0.717) is 41.6 Å². The number of nitrogen functional groups attached to an aromatic ring is 1. The molecular formula is C22H23N5O4. The van der Waals surface area contributed by atoms with Crippen molar-refractivity contribution in [2.24, 2.45) is 0 Å². The van der Waals surface area contributed by atoms with Crippen LogP contribution in [0.15, 0.2) is 46.0 Å². The van der Waals surface area contributed by atoms with Crippen LogP contribution in [-0.2, 0) is 4.79 Å². The van der Waals surface area contributed by atoms with E-state index in [1.807, 2.05) is 37.3 Å². The van der Waals surface area contributed by atoms with E-state index in [1.54, 1.807) is 18.9 Å². The lowest BCUT2D eigenvalue weighted by atomic mass is 9.78. The number of allylic oxidation sites excluding steroid dienone is 2. The number of hydrogen-bond donors (Lipinski definition) is 2. The Morgan fingerprint density at radius 2 is 1.97 bits per heavy atom. The molecule has 3 heterocycles. The van der Waals surface area contributed by atoms with Crippen LogP contribution in [0.25, 0.3) is 0 Å². The minimum absolute atomic E-state index is 0.00985. The fraction of sp³-hybridized carbons (Fsp3) is 0.318. The van der Waals surface area contributed by atoms with Crippen LogP contribution >= 0.6 is 0 Å². The summed E-state index contributed by atoms with van der Waals surface area (Å²) in [5.74, 6) is 3.35. The first-order valence-electron chi connectivity index (χ1n) is 10.0. The van der Waals surface area contributed by atoms with Crippen molar-refractivity contribution in [1.29, 1.82) is 0 Å². The van der Waals surface area contributed by atoms with E-state index in [4.69, 9.17) is 19.6 Å². The molecule has 2 unspecified atom stereocenters. The average Bonchev–Trinajstić information content (AvgIpc) is 3.35. The van der Waals surface area contributed by atoms with Crippen molar-refractivity contribution in [2.45, 2.75) is 31.7 Å². The highest BCUT2D eigenvalue weighted by molar-refractivity contribution is 6.00. The molecule has 0 amide bonds. The first kappa shape index (κ1) is 19.2. The fourth-order valence-corrected chi connectivity index (χ4v) is 4.43.